The van der Waals surface area contributed by atoms with Gasteiger partial charge in [-0.1, -0.05) is 33.6 Å². The Balaban J connectivity index is 1.63. The molecule has 0 aliphatic carbocycles. The number of halogens is 1. The lowest BCUT2D eigenvalue weighted by atomic mass is 10.1. The van der Waals surface area contributed by atoms with E-state index in [2.05, 4.69) is 21.2 Å². The highest BCUT2D eigenvalue weighted by Gasteiger charge is 2.37. The number of ether oxygens (including phenoxy) is 1. The summed E-state index contributed by atoms with van der Waals surface area (Å²) < 4.78 is 6.56. The molecule has 1 heterocycles. The van der Waals surface area contributed by atoms with Gasteiger partial charge in [-0.2, -0.15) is 0 Å². The van der Waals surface area contributed by atoms with Crippen molar-refractivity contribution in [1.82, 2.24) is 5.32 Å². The van der Waals surface area contributed by atoms with Crippen molar-refractivity contribution in [1.29, 1.82) is 0 Å². The predicted octanol–water partition coefficient (Wildman–Crippen LogP) is 4.91. The highest BCUT2D eigenvalue weighted by Crippen LogP contribution is 2.29. The second-order valence-electron chi connectivity index (χ2n) is 7.69. The van der Waals surface area contributed by atoms with E-state index in [1.807, 2.05) is 6.92 Å². The average Bonchev–Trinajstić information content (AvgIpc) is 2.82. The molecule has 0 unspecified atom stereocenters. The van der Waals surface area contributed by atoms with Gasteiger partial charge in [-0.05, 0) is 61.0 Å². The molecule has 3 aromatic carbocycles. The fourth-order valence-electron chi connectivity index (χ4n) is 3.38. The summed E-state index contributed by atoms with van der Waals surface area (Å²) >= 11 is 3.38. The number of benzene rings is 3. The quantitative estimate of drug-likeness (QED) is 0.207. The first-order valence-corrected chi connectivity index (χ1v) is 11.2. The summed E-state index contributed by atoms with van der Waals surface area (Å²) in [6.45, 7) is 1.98. The zero-order valence-corrected chi connectivity index (χ0v) is 19.9. The smallest absolute Gasteiger partial charge is 0.335 e. The van der Waals surface area contributed by atoms with E-state index in [1.54, 1.807) is 54.6 Å². The van der Waals surface area contributed by atoms with Gasteiger partial charge in [0.1, 0.15) is 17.9 Å². The number of amides is 4. The molecule has 10 heteroatoms. The van der Waals surface area contributed by atoms with Gasteiger partial charge in [-0.25, -0.2) is 9.69 Å². The van der Waals surface area contributed by atoms with Gasteiger partial charge in [-0.15, -0.1) is 0 Å². The molecule has 1 saturated heterocycles. The van der Waals surface area contributed by atoms with Crippen molar-refractivity contribution >= 4 is 51.2 Å². The van der Waals surface area contributed by atoms with Crippen LogP contribution in [0.3, 0.4) is 0 Å². The first-order chi connectivity index (χ1) is 16.7. The number of non-ortho nitro benzene ring substituents is 1. The Morgan fingerprint density at radius 1 is 1.03 bits per heavy atom. The molecule has 1 fully saturated rings. The highest BCUT2D eigenvalue weighted by molar-refractivity contribution is 9.10. The van der Waals surface area contributed by atoms with Crippen molar-refractivity contribution in [3.05, 3.63) is 104 Å². The van der Waals surface area contributed by atoms with Gasteiger partial charge >= 0.3 is 6.03 Å². The second kappa shape index (κ2) is 9.90. The van der Waals surface area contributed by atoms with Crippen LogP contribution in [0.2, 0.25) is 0 Å². The Hall–Kier alpha value is -4.31. The number of carbonyl (C=O) groups excluding carboxylic acids is 3. The highest BCUT2D eigenvalue weighted by atomic mass is 79.9. The maximum atomic E-state index is 13.2. The number of nitro groups is 1. The van der Waals surface area contributed by atoms with Gasteiger partial charge in [0.15, 0.2) is 0 Å². The normalized spacial score (nSPS) is 14.7. The lowest BCUT2D eigenvalue weighted by molar-refractivity contribution is -0.384. The summed E-state index contributed by atoms with van der Waals surface area (Å²) in [5, 5.41) is 13.0. The molecule has 1 N–H and O–H groups in total. The monoisotopic (exact) mass is 535 g/mol. The van der Waals surface area contributed by atoms with Crippen molar-refractivity contribution in [2.75, 3.05) is 4.90 Å². The minimum Gasteiger partial charge on any atom is -0.488 e. The van der Waals surface area contributed by atoms with Crippen molar-refractivity contribution in [2.24, 2.45) is 0 Å². The van der Waals surface area contributed by atoms with Crippen molar-refractivity contribution in [3.8, 4) is 5.75 Å². The van der Waals surface area contributed by atoms with E-state index in [-0.39, 0.29) is 17.9 Å². The molecule has 176 valence electrons. The third-order valence-electron chi connectivity index (χ3n) is 5.21. The Morgan fingerprint density at radius 2 is 1.71 bits per heavy atom. The molecule has 0 bridgehead atoms. The number of rotatable bonds is 6. The van der Waals surface area contributed by atoms with E-state index in [9.17, 15) is 24.5 Å². The third-order valence-corrected chi connectivity index (χ3v) is 5.70. The van der Waals surface area contributed by atoms with Crippen LogP contribution in [-0.4, -0.2) is 22.8 Å². The standard InChI is InChI=1S/C25H18BrN3O6/c1-15-2-7-19(8-3-15)28-24(31)21(23(30)27-25(28)32)13-17-12-18(26)6-11-22(17)35-14-16-4-9-20(10-5-16)29(33)34/h2-13H,14H2,1H3,(H,27,30,32)/b21-13+. The van der Waals surface area contributed by atoms with E-state index in [0.29, 0.717) is 27.0 Å². The van der Waals surface area contributed by atoms with E-state index in [1.165, 1.54) is 18.2 Å². The lowest BCUT2D eigenvalue weighted by Gasteiger charge is -2.26. The largest absolute Gasteiger partial charge is 0.488 e. The predicted molar refractivity (Wildman–Crippen MR) is 132 cm³/mol. The zero-order valence-electron chi connectivity index (χ0n) is 18.4. The van der Waals surface area contributed by atoms with Gasteiger partial charge in [-0.3, -0.25) is 25.0 Å². The van der Waals surface area contributed by atoms with E-state index in [4.69, 9.17) is 4.74 Å². The molecule has 0 radical (unpaired) electrons. The number of urea groups is 1. The Kier molecular flexibility index (Phi) is 6.74. The molecule has 4 amide bonds. The topological polar surface area (TPSA) is 119 Å². The summed E-state index contributed by atoms with van der Waals surface area (Å²) in [6.07, 6.45) is 1.36. The molecule has 9 nitrogen and oxygen atoms in total. The third kappa shape index (κ3) is 5.28. The summed E-state index contributed by atoms with van der Waals surface area (Å²) in [5.41, 5.74) is 2.15. The first kappa shape index (κ1) is 23.8. The number of aryl methyl sites for hydroxylation is 1. The molecular formula is C25H18BrN3O6. The summed E-state index contributed by atoms with van der Waals surface area (Å²) in [7, 11) is 0. The Labute approximate surface area is 208 Å². The molecule has 4 rings (SSSR count). The maximum absolute atomic E-state index is 13.2. The number of barbiturate groups is 1. The van der Waals surface area contributed by atoms with Crippen LogP contribution in [0.15, 0.2) is 76.8 Å². The minimum atomic E-state index is -0.829. The van der Waals surface area contributed by atoms with Gasteiger partial charge in [0.2, 0.25) is 0 Å². The van der Waals surface area contributed by atoms with Crippen LogP contribution in [0.4, 0.5) is 16.2 Å². The van der Waals surface area contributed by atoms with Gasteiger partial charge in [0.05, 0.1) is 10.6 Å². The van der Waals surface area contributed by atoms with Crippen LogP contribution in [0.5, 0.6) is 5.75 Å². The van der Waals surface area contributed by atoms with Crippen LogP contribution in [0.25, 0.3) is 6.08 Å². The number of carbonyl (C=O) groups is 3. The second-order valence-corrected chi connectivity index (χ2v) is 8.60. The maximum Gasteiger partial charge on any atom is 0.335 e. The zero-order chi connectivity index (χ0) is 25.1. The molecule has 35 heavy (non-hydrogen) atoms. The van der Waals surface area contributed by atoms with Crippen LogP contribution >= 0.6 is 15.9 Å². The Bertz CT molecular complexity index is 1370. The summed E-state index contributed by atoms with van der Waals surface area (Å²) in [5.74, 6) is -1.20. The van der Waals surface area contributed by atoms with E-state index < -0.39 is 22.8 Å². The van der Waals surface area contributed by atoms with Crippen molar-refractivity contribution in [3.63, 3.8) is 0 Å². The molecule has 0 aromatic heterocycles. The molecule has 1 aliphatic rings. The first-order valence-electron chi connectivity index (χ1n) is 10.4. The summed E-state index contributed by atoms with van der Waals surface area (Å²) in [4.78, 5) is 49.4. The fraction of sp³-hybridized carbons (Fsp3) is 0.0800. The van der Waals surface area contributed by atoms with Crippen LogP contribution in [-0.2, 0) is 16.2 Å². The summed E-state index contributed by atoms with van der Waals surface area (Å²) in [6, 6.07) is 16.9. The van der Waals surface area contributed by atoms with Crippen LogP contribution in [0.1, 0.15) is 16.7 Å². The van der Waals surface area contributed by atoms with Gasteiger partial charge in [0, 0.05) is 22.2 Å². The number of hydrogen-bond donors (Lipinski definition) is 1. The van der Waals surface area contributed by atoms with E-state index in [0.717, 1.165) is 10.5 Å². The molecule has 0 atom stereocenters. The Morgan fingerprint density at radius 3 is 2.37 bits per heavy atom. The van der Waals surface area contributed by atoms with Crippen LogP contribution in [0, 0.1) is 17.0 Å². The number of nitrogens with one attached hydrogen (secondary N) is 1. The lowest BCUT2D eigenvalue weighted by Crippen LogP contribution is -2.54. The number of nitrogens with zero attached hydrogens (tertiary/aromatic N) is 2. The van der Waals surface area contributed by atoms with Crippen molar-refractivity contribution < 1.29 is 24.0 Å². The number of nitro benzene ring substituents is 1. The molecule has 0 saturated carbocycles. The van der Waals surface area contributed by atoms with Crippen LogP contribution < -0.4 is 15.0 Å². The molecular weight excluding hydrogens is 518 g/mol. The number of anilines is 1. The van der Waals surface area contributed by atoms with E-state index >= 15 is 0 Å². The van der Waals surface area contributed by atoms with Gasteiger partial charge in [0.25, 0.3) is 17.5 Å². The average molecular weight is 536 g/mol. The number of hydrogen-bond acceptors (Lipinski definition) is 6. The SMILES string of the molecule is Cc1ccc(N2C(=O)NC(=O)/C(=C\c3cc(Br)ccc3OCc3ccc([N+](=O)[O-])cc3)C2=O)cc1. The number of imide groups is 2. The molecule has 0 spiro atoms. The van der Waals surface area contributed by atoms with Crippen molar-refractivity contribution in [2.45, 2.75) is 13.5 Å². The fourth-order valence-corrected chi connectivity index (χ4v) is 3.76. The molecule has 3 aromatic rings. The van der Waals surface area contributed by atoms with Gasteiger partial charge < -0.3 is 4.74 Å². The molecule has 1 aliphatic heterocycles. The minimum absolute atomic E-state index is 0.0303.